The summed E-state index contributed by atoms with van der Waals surface area (Å²) in [6.45, 7) is 4.41. The van der Waals surface area contributed by atoms with Crippen molar-refractivity contribution in [3.63, 3.8) is 0 Å². The fraction of sp³-hybridized carbons (Fsp3) is 0.464. The molecule has 2 spiro atoms. The van der Waals surface area contributed by atoms with E-state index in [0.717, 1.165) is 44.7 Å². The Labute approximate surface area is 213 Å². The van der Waals surface area contributed by atoms with Gasteiger partial charge in [-0.05, 0) is 54.9 Å². The Morgan fingerprint density at radius 2 is 1.84 bits per heavy atom. The van der Waals surface area contributed by atoms with E-state index in [1.165, 1.54) is 29.5 Å². The predicted molar refractivity (Wildman–Crippen MR) is 135 cm³/mol. The zero-order valence-electron chi connectivity index (χ0n) is 20.5. The second kappa shape index (κ2) is 8.10. The lowest BCUT2D eigenvalue weighted by atomic mass is 9.77. The molecular weight excluding hydrogens is 475 g/mol. The fourth-order valence-corrected chi connectivity index (χ4v) is 6.33. The predicted octanol–water partition coefficient (Wildman–Crippen LogP) is 2.91. The standard InChI is InChI=1S/C28H29FN4O4/c29-19-3-1-17(2-4-19)18-9-21-23(34)22(25(35)31-20-10-27(11-20)5-6-27)26(36)33(24(21)30-12-18)8-7-32-13-28(14-32)15-37-16-28/h1-4,9,12,20,34H,5-8,10-11,13-16H2,(H,31,35). The molecule has 2 saturated carbocycles. The Kier molecular flexibility index (Phi) is 5.00. The zero-order chi connectivity index (χ0) is 25.4. The third kappa shape index (κ3) is 3.83. The summed E-state index contributed by atoms with van der Waals surface area (Å²) >= 11 is 0. The van der Waals surface area contributed by atoms with Gasteiger partial charge in [-0.3, -0.25) is 14.2 Å². The first kappa shape index (κ1) is 22.9. The second-order valence-corrected chi connectivity index (χ2v) is 11.6. The van der Waals surface area contributed by atoms with Crippen LogP contribution in [0.25, 0.3) is 22.2 Å². The van der Waals surface area contributed by atoms with Gasteiger partial charge in [0, 0.05) is 49.4 Å². The molecule has 4 fully saturated rings. The van der Waals surface area contributed by atoms with Crippen LogP contribution in [0.3, 0.4) is 0 Å². The molecule has 0 bridgehead atoms. The summed E-state index contributed by atoms with van der Waals surface area (Å²) in [7, 11) is 0. The van der Waals surface area contributed by atoms with E-state index in [1.807, 2.05) is 0 Å². The molecule has 2 N–H and O–H groups in total. The highest BCUT2D eigenvalue weighted by molar-refractivity contribution is 6.02. The summed E-state index contributed by atoms with van der Waals surface area (Å²) in [6.07, 6.45) is 5.87. The van der Waals surface area contributed by atoms with Crippen LogP contribution in [-0.4, -0.2) is 64.4 Å². The first-order valence-corrected chi connectivity index (χ1v) is 13.0. The molecule has 0 atom stereocenters. The van der Waals surface area contributed by atoms with Crippen LogP contribution in [-0.2, 0) is 11.3 Å². The topological polar surface area (TPSA) is 96.7 Å². The molecular formula is C28H29FN4O4. The van der Waals surface area contributed by atoms with Crippen LogP contribution < -0.4 is 10.9 Å². The number of pyridine rings is 2. The summed E-state index contributed by atoms with van der Waals surface area (Å²) in [6, 6.07) is 7.72. The molecule has 4 aliphatic rings. The number of fused-ring (bicyclic) bond motifs is 1. The van der Waals surface area contributed by atoms with E-state index in [-0.39, 0.29) is 28.6 Å². The minimum atomic E-state index is -0.541. The maximum atomic E-state index is 13.6. The number of amides is 1. The highest BCUT2D eigenvalue weighted by atomic mass is 19.1. The SMILES string of the molecule is O=C(NC1CC2(CC2)C1)c1c(O)c2cc(-c3ccc(F)cc3)cnc2n(CCN2CC3(COC3)C2)c1=O. The third-order valence-corrected chi connectivity index (χ3v) is 8.70. The number of ether oxygens (including phenoxy) is 1. The first-order chi connectivity index (χ1) is 17.8. The highest BCUT2D eigenvalue weighted by Crippen LogP contribution is 2.60. The quantitative estimate of drug-likeness (QED) is 0.536. The van der Waals surface area contributed by atoms with Gasteiger partial charge in [-0.25, -0.2) is 9.37 Å². The van der Waals surface area contributed by atoms with E-state index in [4.69, 9.17) is 4.74 Å². The minimum absolute atomic E-state index is 0.0311. The number of rotatable bonds is 6. The molecule has 3 aromatic rings. The Balaban J connectivity index is 1.24. The van der Waals surface area contributed by atoms with E-state index in [9.17, 15) is 19.1 Å². The lowest BCUT2D eigenvalue weighted by Gasteiger charge is -2.55. The molecule has 9 heteroatoms. The van der Waals surface area contributed by atoms with E-state index >= 15 is 0 Å². The second-order valence-electron chi connectivity index (χ2n) is 11.6. The Bertz CT molecular complexity index is 1460. The number of benzene rings is 1. The summed E-state index contributed by atoms with van der Waals surface area (Å²) in [4.78, 5) is 33.7. The van der Waals surface area contributed by atoms with Gasteiger partial charge in [-0.1, -0.05) is 12.1 Å². The number of aromatic hydroxyl groups is 1. The van der Waals surface area contributed by atoms with Gasteiger partial charge in [0.2, 0.25) is 0 Å². The number of likely N-dealkylation sites (tertiary alicyclic amines) is 1. The van der Waals surface area contributed by atoms with E-state index in [0.29, 0.717) is 35.1 Å². The number of hydrogen-bond acceptors (Lipinski definition) is 6. The monoisotopic (exact) mass is 504 g/mol. The third-order valence-electron chi connectivity index (χ3n) is 8.70. The molecule has 7 rings (SSSR count). The Morgan fingerprint density at radius 1 is 1.11 bits per heavy atom. The summed E-state index contributed by atoms with van der Waals surface area (Å²) in [5, 5.41) is 14.5. The normalized spacial score (nSPS) is 21.4. The summed E-state index contributed by atoms with van der Waals surface area (Å²) in [5.41, 5.74) is 1.59. The van der Waals surface area contributed by atoms with Crippen LogP contribution in [0.4, 0.5) is 4.39 Å². The van der Waals surface area contributed by atoms with Crippen molar-refractivity contribution in [3.05, 3.63) is 58.3 Å². The van der Waals surface area contributed by atoms with Gasteiger partial charge in [0.05, 0.1) is 18.6 Å². The van der Waals surface area contributed by atoms with Crippen LogP contribution in [0.1, 0.15) is 36.0 Å². The van der Waals surface area contributed by atoms with Crippen LogP contribution >= 0.6 is 0 Å². The number of aromatic nitrogens is 2. The molecule has 0 radical (unpaired) electrons. The van der Waals surface area contributed by atoms with Crippen LogP contribution in [0.15, 0.2) is 41.3 Å². The van der Waals surface area contributed by atoms with Gasteiger partial charge in [-0.2, -0.15) is 0 Å². The molecule has 1 amide bonds. The number of nitrogens with zero attached hydrogens (tertiary/aromatic N) is 3. The van der Waals surface area contributed by atoms with Gasteiger partial charge >= 0.3 is 0 Å². The molecule has 2 saturated heterocycles. The number of halogens is 1. The fourth-order valence-electron chi connectivity index (χ4n) is 6.33. The molecule has 37 heavy (non-hydrogen) atoms. The maximum absolute atomic E-state index is 13.6. The average molecular weight is 505 g/mol. The summed E-state index contributed by atoms with van der Waals surface area (Å²) in [5.74, 6) is -1.25. The summed E-state index contributed by atoms with van der Waals surface area (Å²) < 4.78 is 20.3. The molecule has 2 aliphatic heterocycles. The van der Waals surface area contributed by atoms with Crippen molar-refractivity contribution in [3.8, 4) is 16.9 Å². The van der Waals surface area contributed by atoms with E-state index < -0.39 is 11.5 Å². The molecule has 192 valence electrons. The zero-order valence-corrected chi connectivity index (χ0v) is 20.5. The molecule has 1 aromatic carbocycles. The first-order valence-electron chi connectivity index (χ1n) is 13.0. The van der Waals surface area contributed by atoms with Crippen molar-refractivity contribution in [2.75, 3.05) is 32.8 Å². The van der Waals surface area contributed by atoms with Crippen molar-refractivity contribution in [2.24, 2.45) is 10.8 Å². The van der Waals surface area contributed by atoms with Crippen molar-refractivity contribution >= 4 is 16.9 Å². The van der Waals surface area contributed by atoms with Gasteiger partial charge in [-0.15, -0.1) is 0 Å². The average Bonchev–Trinajstić information content (AvgIpc) is 3.60. The van der Waals surface area contributed by atoms with Crippen LogP contribution in [0.2, 0.25) is 0 Å². The number of nitrogens with one attached hydrogen (secondary N) is 1. The number of hydrogen-bond donors (Lipinski definition) is 2. The van der Waals surface area contributed by atoms with Crippen molar-refractivity contribution in [1.29, 1.82) is 0 Å². The maximum Gasteiger partial charge on any atom is 0.268 e. The molecule has 2 aliphatic carbocycles. The van der Waals surface area contributed by atoms with Gasteiger partial charge in [0.25, 0.3) is 11.5 Å². The van der Waals surface area contributed by atoms with Crippen molar-refractivity contribution < 1.29 is 19.0 Å². The number of carbonyl (C=O) groups is 1. The van der Waals surface area contributed by atoms with Gasteiger partial charge < -0.3 is 20.1 Å². The molecule has 0 unspecified atom stereocenters. The number of carbonyl (C=O) groups excluding carboxylic acids is 1. The Hall–Kier alpha value is -3.30. The van der Waals surface area contributed by atoms with Gasteiger partial charge in [0.15, 0.2) is 0 Å². The molecule has 2 aromatic heterocycles. The van der Waals surface area contributed by atoms with Crippen molar-refractivity contribution in [2.45, 2.75) is 38.3 Å². The highest BCUT2D eigenvalue weighted by Gasteiger charge is 2.53. The van der Waals surface area contributed by atoms with Gasteiger partial charge in [0.1, 0.15) is 22.8 Å². The Morgan fingerprint density at radius 3 is 2.49 bits per heavy atom. The smallest absolute Gasteiger partial charge is 0.268 e. The van der Waals surface area contributed by atoms with E-state index in [1.54, 1.807) is 24.4 Å². The minimum Gasteiger partial charge on any atom is -0.506 e. The lowest BCUT2D eigenvalue weighted by molar-refractivity contribution is -0.189. The molecule has 4 heterocycles. The van der Waals surface area contributed by atoms with Crippen LogP contribution in [0, 0.1) is 16.6 Å². The van der Waals surface area contributed by atoms with Crippen molar-refractivity contribution in [1.82, 2.24) is 19.8 Å². The molecule has 8 nitrogen and oxygen atoms in total. The largest absolute Gasteiger partial charge is 0.506 e. The van der Waals surface area contributed by atoms with E-state index in [2.05, 4.69) is 15.2 Å². The lowest BCUT2D eigenvalue weighted by Crippen LogP contribution is -2.66. The van der Waals surface area contributed by atoms with Crippen LogP contribution in [0.5, 0.6) is 5.75 Å².